The highest BCUT2D eigenvalue weighted by Gasteiger charge is 2.10. The van der Waals surface area contributed by atoms with Gasteiger partial charge in [-0.05, 0) is 30.2 Å². The monoisotopic (exact) mass is 259 g/mol. The van der Waals surface area contributed by atoms with Crippen molar-refractivity contribution in [3.63, 3.8) is 0 Å². The summed E-state index contributed by atoms with van der Waals surface area (Å²) in [6.07, 6.45) is -0.538. The molecule has 0 heterocycles. The molecule has 2 nitrogen and oxygen atoms in total. The molecule has 0 spiro atoms. The summed E-state index contributed by atoms with van der Waals surface area (Å²) in [4.78, 5) is 0. The third-order valence-corrected chi connectivity index (χ3v) is 3.17. The molecule has 0 fully saturated rings. The summed E-state index contributed by atoms with van der Waals surface area (Å²) in [6, 6.07) is 16.0. The van der Waals surface area contributed by atoms with Crippen LogP contribution in [0, 0.1) is 5.82 Å². The van der Waals surface area contributed by atoms with Crippen LogP contribution in [0.4, 0.5) is 4.39 Å². The van der Waals surface area contributed by atoms with Gasteiger partial charge in [-0.3, -0.25) is 0 Å². The number of aliphatic hydroxyl groups is 1. The largest absolute Gasteiger partial charge is 0.387 e. The van der Waals surface area contributed by atoms with Gasteiger partial charge in [-0.15, -0.1) is 0 Å². The molecule has 3 heteroatoms. The van der Waals surface area contributed by atoms with Crippen LogP contribution in [-0.2, 0) is 0 Å². The van der Waals surface area contributed by atoms with Gasteiger partial charge in [0.05, 0.1) is 6.10 Å². The van der Waals surface area contributed by atoms with Crippen LogP contribution < -0.4 is 5.32 Å². The summed E-state index contributed by atoms with van der Waals surface area (Å²) in [5, 5.41) is 13.3. The molecule has 0 saturated carbocycles. The topological polar surface area (TPSA) is 32.3 Å². The second kappa shape index (κ2) is 6.45. The quantitative estimate of drug-likeness (QED) is 0.864. The van der Waals surface area contributed by atoms with Crippen molar-refractivity contribution >= 4 is 0 Å². The number of halogens is 1. The number of nitrogens with one attached hydrogen (secondary N) is 1. The van der Waals surface area contributed by atoms with Crippen molar-refractivity contribution in [2.75, 3.05) is 6.54 Å². The van der Waals surface area contributed by atoms with Crippen LogP contribution in [0.5, 0.6) is 0 Å². The van der Waals surface area contributed by atoms with E-state index < -0.39 is 6.10 Å². The third kappa shape index (κ3) is 3.88. The van der Waals surface area contributed by atoms with Gasteiger partial charge in [0.1, 0.15) is 5.82 Å². The van der Waals surface area contributed by atoms with Crippen LogP contribution in [0.15, 0.2) is 54.6 Å². The minimum absolute atomic E-state index is 0.0685. The highest BCUT2D eigenvalue weighted by molar-refractivity contribution is 5.20. The normalized spacial score (nSPS) is 14.1. The molecule has 2 aromatic carbocycles. The van der Waals surface area contributed by atoms with Gasteiger partial charge in [0.15, 0.2) is 0 Å². The van der Waals surface area contributed by atoms with Gasteiger partial charge in [0.25, 0.3) is 0 Å². The summed E-state index contributed by atoms with van der Waals surface area (Å²) in [5.74, 6) is -0.236. The Morgan fingerprint density at radius 1 is 1.00 bits per heavy atom. The Bertz CT molecular complexity index is 498. The van der Waals surface area contributed by atoms with Gasteiger partial charge in [-0.2, -0.15) is 0 Å². The zero-order valence-corrected chi connectivity index (χ0v) is 10.9. The number of hydrogen-bond donors (Lipinski definition) is 2. The standard InChI is InChI=1S/C16H18FNO/c1-12(13-7-9-15(17)10-8-13)18-11-16(19)14-5-3-2-4-6-14/h2-10,12,16,18-19H,11H2,1H3. The lowest BCUT2D eigenvalue weighted by Gasteiger charge is -2.17. The fourth-order valence-corrected chi connectivity index (χ4v) is 1.95. The molecule has 0 saturated heterocycles. The van der Waals surface area contributed by atoms with Gasteiger partial charge < -0.3 is 10.4 Å². The number of rotatable bonds is 5. The first-order valence-corrected chi connectivity index (χ1v) is 6.38. The van der Waals surface area contributed by atoms with Crippen LogP contribution in [0.2, 0.25) is 0 Å². The Kier molecular flexibility index (Phi) is 4.66. The molecular formula is C16H18FNO. The first kappa shape index (κ1) is 13.7. The van der Waals surface area contributed by atoms with E-state index in [2.05, 4.69) is 5.32 Å². The lowest BCUT2D eigenvalue weighted by molar-refractivity contribution is 0.171. The molecule has 0 aliphatic heterocycles. The van der Waals surface area contributed by atoms with Crippen molar-refractivity contribution in [1.29, 1.82) is 0 Å². The Morgan fingerprint density at radius 2 is 1.63 bits per heavy atom. The average molecular weight is 259 g/mol. The molecule has 0 aliphatic carbocycles. The average Bonchev–Trinajstić information content (AvgIpc) is 2.46. The van der Waals surface area contributed by atoms with Crippen molar-refractivity contribution in [3.05, 3.63) is 71.5 Å². The minimum Gasteiger partial charge on any atom is -0.387 e. The number of hydrogen-bond acceptors (Lipinski definition) is 2. The zero-order chi connectivity index (χ0) is 13.7. The summed E-state index contributed by atoms with van der Waals surface area (Å²) in [5.41, 5.74) is 1.89. The molecular weight excluding hydrogens is 241 g/mol. The van der Waals surface area contributed by atoms with Crippen molar-refractivity contribution in [2.24, 2.45) is 0 Å². The molecule has 2 aromatic rings. The van der Waals surface area contributed by atoms with E-state index in [4.69, 9.17) is 0 Å². The smallest absolute Gasteiger partial charge is 0.123 e. The van der Waals surface area contributed by atoms with Crippen molar-refractivity contribution in [2.45, 2.75) is 19.1 Å². The zero-order valence-electron chi connectivity index (χ0n) is 10.9. The van der Waals surface area contributed by atoms with Crippen LogP contribution >= 0.6 is 0 Å². The maximum atomic E-state index is 12.8. The van der Waals surface area contributed by atoms with E-state index in [0.29, 0.717) is 6.54 Å². The summed E-state index contributed by atoms with van der Waals surface area (Å²) in [7, 11) is 0. The molecule has 2 unspecified atom stereocenters. The fraction of sp³-hybridized carbons (Fsp3) is 0.250. The molecule has 0 radical (unpaired) electrons. The Balaban J connectivity index is 1.90. The highest BCUT2D eigenvalue weighted by atomic mass is 19.1. The second-order valence-electron chi connectivity index (χ2n) is 4.61. The van der Waals surface area contributed by atoms with Crippen molar-refractivity contribution in [1.82, 2.24) is 5.32 Å². The lowest BCUT2D eigenvalue weighted by Crippen LogP contribution is -2.24. The first-order chi connectivity index (χ1) is 9.16. The van der Waals surface area contributed by atoms with Crippen LogP contribution in [0.25, 0.3) is 0 Å². The van der Waals surface area contributed by atoms with Gasteiger partial charge in [0.2, 0.25) is 0 Å². The minimum atomic E-state index is -0.538. The second-order valence-corrected chi connectivity index (χ2v) is 4.61. The van der Waals surface area contributed by atoms with E-state index in [1.54, 1.807) is 12.1 Å². The maximum absolute atomic E-state index is 12.8. The molecule has 2 atom stereocenters. The predicted octanol–water partition coefficient (Wildman–Crippen LogP) is 3.21. The van der Waals surface area contributed by atoms with Gasteiger partial charge in [-0.1, -0.05) is 42.5 Å². The molecule has 100 valence electrons. The Morgan fingerprint density at radius 3 is 2.26 bits per heavy atom. The highest BCUT2D eigenvalue weighted by Crippen LogP contribution is 2.15. The van der Waals surface area contributed by atoms with Crippen LogP contribution in [-0.4, -0.2) is 11.7 Å². The summed E-state index contributed by atoms with van der Waals surface area (Å²) >= 11 is 0. The van der Waals surface area contributed by atoms with Crippen molar-refractivity contribution in [3.8, 4) is 0 Å². The Hall–Kier alpha value is -1.71. The molecule has 2 N–H and O–H groups in total. The van der Waals surface area contributed by atoms with Crippen LogP contribution in [0.1, 0.15) is 30.2 Å². The molecule has 0 aromatic heterocycles. The number of benzene rings is 2. The van der Waals surface area contributed by atoms with E-state index in [1.165, 1.54) is 12.1 Å². The SMILES string of the molecule is CC(NCC(O)c1ccccc1)c1ccc(F)cc1. The van der Waals surface area contributed by atoms with E-state index in [1.807, 2.05) is 37.3 Å². The van der Waals surface area contributed by atoms with E-state index in [9.17, 15) is 9.50 Å². The van der Waals surface area contributed by atoms with Crippen LogP contribution in [0.3, 0.4) is 0 Å². The predicted molar refractivity (Wildman–Crippen MR) is 74.2 cm³/mol. The van der Waals surface area contributed by atoms with Crippen molar-refractivity contribution < 1.29 is 9.50 Å². The summed E-state index contributed by atoms with van der Waals surface area (Å²) < 4.78 is 12.8. The third-order valence-electron chi connectivity index (χ3n) is 3.17. The molecule has 0 aliphatic rings. The number of aliphatic hydroxyl groups excluding tert-OH is 1. The first-order valence-electron chi connectivity index (χ1n) is 6.38. The van der Waals surface area contributed by atoms with E-state index in [-0.39, 0.29) is 11.9 Å². The fourth-order valence-electron chi connectivity index (χ4n) is 1.95. The van der Waals surface area contributed by atoms with E-state index >= 15 is 0 Å². The van der Waals surface area contributed by atoms with E-state index in [0.717, 1.165) is 11.1 Å². The van der Waals surface area contributed by atoms with Gasteiger partial charge in [0, 0.05) is 12.6 Å². The maximum Gasteiger partial charge on any atom is 0.123 e. The molecule has 2 rings (SSSR count). The molecule has 0 bridgehead atoms. The van der Waals surface area contributed by atoms with Gasteiger partial charge in [-0.25, -0.2) is 4.39 Å². The summed E-state index contributed by atoms with van der Waals surface area (Å²) in [6.45, 7) is 2.45. The molecule has 0 amide bonds. The Labute approximate surface area is 112 Å². The molecule has 19 heavy (non-hydrogen) atoms. The van der Waals surface area contributed by atoms with Gasteiger partial charge >= 0.3 is 0 Å². The lowest BCUT2D eigenvalue weighted by atomic mass is 10.1.